The molecule has 0 amide bonds. The largest absolute Gasteiger partial charge is 0.457 e. The maximum absolute atomic E-state index is 12.4. The van der Waals surface area contributed by atoms with E-state index in [1.807, 2.05) is 19.1 Å². The molecule has 0 bridgehead atoms. The third-order valence-corrected chi connectivity index (χ3v) is 7.39. The van der Waals surface area contributed by atoms with E-state index in [0.717, 1.165) is 42.5 Å². The van der Waals surface area contributed by atoms with Crippen molar-refractivity contribution in [2.24, 2.45) is 0 Å². The number of piperazine rings is 1. The Labute approximate surface area is 206 Å². The van der Waals surface area contributed by atoms with Crippen molar-refractivity contribution < 1.29 is 17.6 Å². The van der Waals surface area contributed by atoms with Gasteiger partial charge in [0.15, 0.2) is 4.91 Å². The predicted octanol–water partition coefficient (Wildman–Crippen LogP) is 3.67. The number of rotatable bonds is 9. The number of allylic oxidation sites excluding steroid dienone is 1. The summed E-state index contributed by atoms with van der Waals surface area (Å²) in [6, 6.07) is 17.7. The molecule has 0 unspecified atom stereocenters. The maximum Gasteiger partial charge on any atom is 0.250 e. The first kappa shape index (κ1) is 24.9. The number of hydrogen-bond donors (Lipinski definition) is 1. The number of nitriles is 1. The van der Waals surface area contributed by atoms with Crippen molar-refractivity contribution in [1.82, 2.24) is 9.62 Å². The van der Waals surface area contributed by atoms with Crippen LogP contribution in [0.15, 0.2) is 57.9 Å². The lowest BCUT2D eigenvalue weighted by Gasteiger charge is -2.34. The van der Waals surface area contributed by atoms with E-state index in [2.05, 4.69) is 45.8 Å². The van der Waals surface area contributed by atoms with Gasteiger partial charge in [0.2, 0.25) is 0 Å². The Morgan fingerprint density at radius 2 is 1.86 bits per heavy atom. The van der Waals surface area contributed by atoms with Gasteiger partial charge in [-0.25, -0.2) is 13.1 Å². The van der Waals surface area contributed by atoms with Gasteiger partial charge in [0.05, 0.1) is 6.61 Å². The molecule has 184 valence electrons. The Kier molecular flexibility index (Phi) is 7.88. The van der Waals surface area contributed by atoms with E-state index in [1.54, 1.807) is 18.2 Å². The number of benzene rings is 2. The van der Waals surface area contributed by atoms with Crippen LogP contribution in [-0.4, -0.2) is 66.3 Å². The second-order valence-electron chi connectivity index (χ2n) is 8.45. The van der Waals surface area contributed by atoms with Crippen molar-refractivity contribution >= 4 is 32.6 Å². The molecule has 1 fully saturated rings. The summed E-state index contributed by atoms with van der Waals surface area (Å²) in [5.41, 5.74) is 2.10. The zero-order valence-corrected chi connectivity index (χ0v) is 20.8. The molecule has 35 heavy (non-hydrogen) atoms. The van der Waals surface area contributed by atoms with Crippen molar-refractivity contribution in [3.05, 3.63) is 59.2 Å². The lowest BCUT2D eigenvalue weighted by atomic mass is 10.0. The second-order valence-corrected chi connectivity index (χ2v) is 10.2. The molecular weight excluding hydrogens is 464 g/mol. The highest BCUT2D eigenvalue weighted by atomic mass is 32.2. The number of likely N-dealkylation sites (N-methyl/N-ethyl adjacent to an activating group) is 1. The summed E-state index contributed by atoms with van der Waals surface area (Å²) in [6.45, 7) is 6.80. The first-order valence-electron chi connectivity index (χ1n) is 11.7. The van der Waals surface area contributed by atoms with Crippen LogP contribution in [0.3, 0.4) is 0 Å². The number of ether oxygens (including phenoxy) is 1. The zero-order valence-electron chi connectivity index (χ0n) is 20.0. The minimum absolute atomic E-state index is 0.0895. The van der Waals surface area contributed by atoms with Gasteiger partial charge in [-0.3, -0.25) is 0 Å². The predicted molar refractivity (Wildman–Crippen MR) is 138 cm³/mol. The normalized spacial score (nSPS) is 15.5. The second kappa shape index (κ2) is 11.1. The summed E-state index contributed by atoms with van der Waals surface area (Å²) in [5, 5.41) is 11.6. The van der Waals surface area contributed by atoms with Gasteiger partial charge >= 0.3 is 0 Å². The maximum atomic E-state index is 12.4. The molecule has 3 aromatic rings. The fourth-order valence-corrected chi connectivity index (χ4v) is 4.90. The van der Waals surface area contributed by atoms with E-state index < -0.39 is 14.9 Å². The quantitative estimate of drug-likeness (QED) is 0.358. The van der Waals surface area contributed by atoms with Crippen LogP contribution >= 0.6 is 0 Å². The number of fused-ring (bicyclic) bond motifs is 1. The van der Waals surface area contributed by atoms with Crippen LogP contribution in [0.4, 0.5) is 5.69 Å². The Morgan fingerprint density at radius 3 is 2.60 bits per heavy atom. The molecule has 0 aliphatic carbocycles. The summed E-state index contributed by atoms with van der Waals surface area (Å²) in [4.78, 5) is 4.33. The topological polar surface area (TPSA) is 98.8 Å². The fourth-order valence-electron chi connectivity index (χ4n) is 4.00. The van der Waals surface area contributed by atoms with E-state index in [-0.39, 0.29) is 18.9 Å². The van der Waals surface area contributed by atoms with Gasteiger partial charge in [0.1, 0.15) is 17.6 Å². The van der Waals surface area contributed by atoms with Crippen molar-refractivity contribution in [3.63, 3.8) is 0 Å². The first-order valence-corrected chi connectivity index (χ1v) is 13.1. The van der Waals surface area contributed by atoms with Gasteiger partial charge in [0, 0.05) is 56.7 Å². The molecule has 2 aromatic carbocycles. The average molecular weight is 495 g/mol. The lowest BCUT2D eigenvalue weighted by molar-refractivity contribution is 0.153. The molecule has 8 nitrogen and oxygen atoms in total. The highest BCUT2D eigenvalue weighted by Crippen LogP contribution is 2.29. The number of anilines is 1. The highest BCUT2D eigenvalue weighted by molar-refractivity contribution is 7.93. The molecular formula is C26H30N4O4S. The van der Waals surface area contributed by atoms with Gasteiger partial charge in [-0.05, 0) is 55.1 Å². The Hall–Kier alpha value is -3.16. The summed E-state index contributed by atoms with van der Waals surface area (Å²) >= 11 is 0. The summed E-state index contributed by atoms with van der Waals surface area (Å²) < 4.78 is 38.2. The molecule has 0 atom stereocenters. The number of nitrogens with one attached hydrogen (secondary N) is 1. The molecule has 0 saturated carbocycles. The van der Waals surface area contributed by atoms with Gasteiger partial charge < -0.3 is 19.0 Å². The van der Waals surface area contributed by atoms with Crippen LogP contribution in [0.5, 0.6) is 0 Å². The van der Waals surface area contributed by atoms with Crippen LogP contribution < -0.4 is 9.62 Å². The molecule has 1 aromatic heterocycles. The first-order chi connectivity index (χ1) is 16.9. The minimum atomic E-state index is -3.95. The van der Waals surface area contributed by atoms with Crippen LogP contribution in [-0.2, 0) is 14.8 Å². The van der Waals surface area contributed by atoms with Crippen molar-refractivity contribution in [2.75, 3.05) is 57.9 Å². The number of furan rings is 1. The average Bonchev–Trinajstić information content (AvgIpc) is 3.34. The molecule has 4 rings (SSSR count). The van der Waals surface area contributed by atoms with Crippen LogP contribution in [0.2, 0.25) is 0 Å². The SMILES string of the molecule is CCOCCNS(=O)(=O)/C(C#N)=C/c1ccc(-c2ccc3cc(N4CCN(C)CC4)ccc3c2)o1. The molecule has 1 aliphatic rings. The van der Waals surface area contributed by atoms with Crippen LogP contribution in [0.1, 0.15) is 12.7 Å². The number of nitrogens with zero attached hydrogens (tertiary/aromatic N) is 3. The summed E-state index contributed by atoms with van der Waals surface area (Å²) in [5.74, 6) is 0.887. The number of hydrogen-bond acceptors (Lipinski definition) is 7. The summed E-state index contributed by atoms with van der Waals surface area (Å²) in [6.07, 6.45) is 1.23. The molecule has 0 spiro atoms. The lowest BCUT2D eigenvalue weighted by Crippen LogP contribution is -2.44. The molecule has 9 heteroatoms. The monoisotopic (exact) mass is 494 g/mol. The fraction of sp³-hybridized carbons (Fsp3) is 0.346. The highest BCUT2D eigenvalue weighted by Gasteiger charge is 2.18. The van der Waals surface area contributed by atoms with E-state index >= 15 is 0 Å². The smallest absolute Gasteiger partial charge is 0.250 e. The zero-order chi connectivity index (χ0) is 24.8. The van der Waals surface area contributed by atoms with E-state index in [1.165, 1.54) is 11.8 Å². The third-order valence-electron chi connectivity index (χ3n) is 6.02. The van der Waals surface area contributed by atoms with Crippen LogP contribution in [0, 0.1) is 11.3 Å². The third kappa shape index (κ3) is 6.10. The van der Waals surface area contributed by atoms with Gasteiger partial charge in [-0.2, -0.15) is 5.26 Å². The Morgan fingerprint density at radius 1 is 1.11 bits per heavy atom. The summed E-state index contributed by atoms with van der Waals surface area (Å²) in [7, 11) is -1.80. The standard InChI is InChI=1S/C26H30N4O4S/c1-3-33-15-10-28-35(31,32)25(19-27)18-24-8-9-26(34-24)22-5-4-21-17-23(7-6-20(21)16-22)30-13-11-29(2)12-14-30/h4-9,16-18,28H,3,10-15H2,1-2H3/b25-18+. The molecule has 0 radical (unpaired) electrons. The van der Waals surface area contributed by atoms with Gasteiger partial charge in [-0.15, -0.1) is 0 Å². The van der Waals surface area contributed by atoms with Crippen LogP contribution in [0.25, 0.3) is 28.2 Å². The van der Waals surface area contributed by atoms with E-state index in [0.29, 0.717) is 12.4 Å². The van der Waals surface area contributed by atoms with Gasteiger partial charge in [-0.1, -0.05) is 18.2 Å². The minimum Gasteiger partial charge on any atom is -0.457 e. The Bertz CT molecular complexity index is 1350. The molecule has 1 aliphatic heterocycles. The molecule has 2 heterocycles. The van der Waals surface area contributed by atoms with E-state index in [4.69, 9.17) is 9.15 Å². The van der Waals surface area contributed by atoms with Crippen molar-refractivity contribution in [2.45, 2.75) is 6.92 Å². The van der Waals surface area contributed by atoms with Gasteiger partial charge in [0.25, 0.3) is 10.0 Å². The van der Waals surface area contributed by atoms with E-state index in [9.17, 15) is 13.7 Å². The van der Waals surface area contributed by atoms with Crippen molar-refractivity contribution in [3.8, 4) is 17.4 Å². The Balaban J connectivity index is 1.51. The number of sulfonamides is 1. The molecule has 1 saturated heterocycles. The van der Waals surface area contributed by atoms with Crippen molar-refractivity contribution in [1.29, 1.82) is 5.26 Å². The molecule has 1 N–H and O–H groups in total.